The first-order valence-electron chi connectivity index (χ1n) is 5.49. The lowest BCUT2D eigenvalue weighted by Crippen LogP contribution is -2.36. The molecule has 0 aliphatic carbocycles. The summed E-state index contributed by atoms with van der Waals surface area (Å²) in [5.74, 6) is 0.539. The van der Waals surface area contributed by atoms with Crippen LogP contribution in [0.3, 0.4) is 0 Å². The highest BCUT2D eigenvalue weighted by Gasteiger charge is 2.22. The molecule has 0 saturated carbocycles. The highest BCUT2D eigenvalue weighted by atomic mass is 32.2. The summed E-state index contributed by atoms with van der Waals surface area (Å²) in [5, 5.41) is 3.12. The molecule has 1 aliphatic rings. The summed E-state index contributed by atoms with van der Waals surface area (Å²) >= 11 is 0. The van der Waals surface area contributed by atoms with Gasteiger partial charge in [-0.1, -0.05) is 6.07 Å². The molecular weight excluding hydrogens is 240 g/mol. The van der Waals surface area contributed by atoms with Crippen molar-refractivity contribution in [2.75, 3.05) is 20.2 Å². The van der Waals surface area contributed by atoms with Crippen LogP contribution in [0.15, 0.2) is 29.2 Å². The summed E-state index contributed by atoms with van der Waals surface area (Å²) in [7, 11) is -1.93. The molecule has 0 amide bonds. The summed E-state index contributed by atoms with van der Waals surface area (Å²) < 4.78 is 31.8. The van der Waals surface area contributed by atoms with Crippen LogP contribution in [0, 0.1) is 0 Å². The quantitative estimate of drug-likeness (QED) is 0.815. The zero-order valence-electron chi connectivity index (χ0n) is 9.64. The standard InChI is InChI=1S/C11H16N2O3S/c1-16-10-3-2-4-11(7-10)17(14,15)13-9-5-6-12-8-9/h2-4,7,9,12-13H,5-6,8H2,1H3. The molecule has 2 N–H and O–H groups in total. The molecule has 0 bridgehead atoms. The highest BCUT2D eigenvalue weighted by molar-refractivity contribution is 7.89. The van der Waals surface area contributed by atoms with Crippen LogP contribution < -0.4 is 14.8 Å². The number of sulfonamides is 1. The van der Waals surface area contributed by atoms with E-state index in [-0.39, 0.29) is 10.9 Å². The van der Waals surface area contributed by atoms with E-state index in [1.54, 1.807) is 18.2 Å². The fraction of sp³-hybridized carbons (Fsp3) is 0.455. The van der Waals surface area contributed by atoms with E-state index in [4.69, 9.17) is 4.74 Å². The highest BCUT2D eigenvalue weighted by Crippen LogP contribution is 2.17. The third-order valence-corrected chi connectivity index (χ3v) is 4.25. The van der Waals surface area contributed by atoms with Crippen molar-refractivity contribution in [1.29, 1.82) is 0 Å². The van der Waals surface area contributed by atoms with Crippen LogP contribution in [0.5, 0.6) is 5.75 Å². The molecule has 0 radical (unpaired) electrons. The number of hydrogen-bond donors (Lipinski definition) is 2. The van der Waals surface area contributed by atoms with E-state index in [9.17, 15) is 8.42 Å². The Balaban J connectivity index is 2.18. The largest absolute Gasteiger partial charge is 0.497 e. The van der Waals surface area contributed by atoms with Gasteiger partial charge in [-0.3, -0.25) is 0 Å². The smallest absolute Gasteiger partial charge is 0.240 e. The van der Waals surface area contributed by atoms with Crippen molar-refractivity contribution in [3.05, 3.63) is 24.3 Å². The zero-order chi connectivity index (χ0) is 12.3. The summed E-state index contributed by atoms with van der Waals surface area (Å²) in [6.07, 6.45) is 0.823. The predicted molar refractivity (Wildman–Crippen MR) is 64.6 cm³/mol. The number of benzene rings is 1. The van der Waals surface area contributed by atoms with Gasteiger partial charge in [0.2, 0.25) is 10.0 Å². The van der Waals surface area contributed by atoms with Crippen molar-refractivity contribution in [3.63, 3.8) is 0 Å². The Bertz CT molecular complexity index is 481. The second kappa shape index (κ2) is 5.03. The summed E-state index contributed by atoms with van der Waals surface area (Å²) in [6.45, 7) is 1.54. The molecule has 1 aromatic rings. The van der Waals surface area contributed by atoms with Crippen LogP contribution in [0.2, 0.25) is 0 Å². The Labute approximate surface area is 101 Å². The third kappa shape index (κ3) is 2.96. The van der Waals surface area contributed by atoms with Crippen LogP contribution in [-0.4, -0.2) is 34.7 Å². The topological polar surface area (TPSA) is 67.4 Å². The normalized spacial score (nSPS) is 20.4. The van der Waals surface area contributed by atoms with Crippen LogP contribution in [0.4, 0.5) is 0 Å². The lowest BCUT2D eigenvalue weighted by atomic mass is 10.3. The Morgan fingerprint density at radius 2 is 2.29 bits per heavy atom. The van der Waals surface area contributed by atoms with E-state index in [0.717, 1.165) is 13.0 Å². The van der Waals surface area contributed by atoms with E-state index < -0.39 is 10.0 Å². The molecule has 5 nitrogen and oxygen atoms in total. The van der Waals surface area contributed by atoms with Gasteiger partial charge >= 0.3 is 0 Å². The number of nitrogens with one attached hydrogen (secondary N) is 2. The first kappa shape index (κ1) is 12.3. The second-order valence-electron chi connectivity index (χ2n) is 3.99. The van der Waals surface area contributed by atoms with Gasteiger partial charge in [-0.25, -0.2) is 13.1 Å². The Morgan fingerprint density at radius 3 is 2.94 bits per heavy atom. The number of methoxy groups -OCH3 is 1. The minimum atomic E-state index is -3.45. The maximum Gasteiger partial charge on any atom is 0.240 e. The molecule has 1 aliphatic heterocycles. The fourth-order valence-electron chi connectivity index (χ4n) is 1.81. The number of rotatable bonds is 4. The molecule has 17 heavy (non-hydrogen) atoms. The van der Waals surface area contributed by atoms with Gasteiger partial charge in [0.1, 0.15) is 5.75 Å². The minimum Gasteiger partial charge on any atom is -0.497 e. The average Bonchev–Trinajstić information content (AvgIpc) is 2.81. The van der Waals surface area contributed by atoms with E-state index in [2.05, 4.69) is 10.0 Å². The van der Waals surface area contributed by atoms with E-state index >= 15 is 0 Å². The Hall–Kier alpha value is -1.11. The molecule has 6 heteroatoms. The SMILES string of the molecule is COc1cccc(S(=O)(=O)NC2CCNC2)c1. The van der Waals surface area contributed by atoms with Crippen molar-refractivity contribution < 1.29 is 13.2 Å². The van der Waals surface area contributed by atoms with Gasteiger partial charge < -0.3 is 10.1 Å². The van der Waals surface area contributed by atoms with E-state index in [0.29, 0.717) is 12.3 Å². The van der Waals surface area contributed by atoms with Crippen molar-refractivity contribution in [3.8, 4) is 5.75 Å². The van der Waals surface area contributed by atoms with Crippen molar-refractivity contribution >= 4 is 10.0 Å². The van der Waals surface area contributed by atoms with E-state index in [1.165, 1.54) is 13.2 Å². The molecule has 2 rings (SSSR count). The molecule has 1 atom stereocenters. The number of ether oxygens (including phenoxy) is 1. The Kier molecular flexibility index (Phi) is 3.66. The molecule has 1 heterocycles. The summed E-state index contributed by atoms with van der Waals surface area (Å²) in [5.41, 5.74) is 0. The minimum absolute atomic E-state index is 0.0220. The number of hydrogen-bond acceptors (Lipinski definition) is 4. The maximum absolute atomic E-state index is 12.1. The van der Waals surface area contributed by atoms with Gasteiger partial charge in [0.25, 0.3) is 0 Å². The van der Waals surface area contributed by atoms with Gasteiger partial charge in [-0.05, 0) is 25.1 Å². The Morgan fingerprint density at radius 1 is 1.47 bits per heavy atom. The van der Waals surface area contributed by atoms with Crippen LogP contribution in [0.1, 0.15) is 6.42 Å². The van der Waals surface area contributed by atoms with Crippen molar-refractivity contribution in [1.82, 2.24) is 10.0 Å². The summed E-state index contributed by atoms with van der Waals surface area (Å²) in [6, 6.07) is 6.44. The van der Waals surface area contributed by atoms with Gasteiger partial charge in [0, 0.05) is 18.7 Å². The zero-order valence-corrected chi connectivity index (χ0v) is 10.5. The molecule has 0 aromatic heterocycles. The van der Waals surface area contributed by atoms with Gasteiger partial charge in [0.15, 0.2) is 0 Å². The molecular formula is C11H16N2O3S. The molecule has 94 valence electrons. The van der Waals surface area contributed by atoms with Crippen molar-refractivity contribution in [2.24, 2.45) is 0 Å². The lowest BCUT2D eigenvalue weighted by molar-refractivity contribution is 0.413. The van der Waals surface area contributed by atoms with Crippen LogP contribution in [0.25, 0.3) is 0 Å². The lowest BCUT2D eigenvalue weighted by Gasteiger charge is -2.12. The van der Waals surface area contributed by atoms with Gasteiger partial charge in [-0.2, -0.15) is 0 Å². The molecule has 1 saturated heterocycles. The fourth-order valence-corrected chi connectivity index (χ4v) is 3.12. The first-order valence-corrected chi connectivity index (χ1v) is 6.97. The molecule has 1 aromatic carbocycles. The predicted octanol–water partition coefficient (Wildman–Crippen LogP) is 0.335. The molecule has 1 fully saturated rings. The summed E-state index contributed by atoms with van der Waals surface area (Å²) in [4.78, 5) is 0.240. The maximum atomic E-state index is 12.1. The van der Waals surface area contributed by atoms with Crippen molar-refractivity contribution in [2.45, 2.75) is 17.4 Å². The monoisotopic (exact) mass is 256 g/mol. The van der Waals surface area contributed by atoms with Gasteiger partial charge in [-0.15, -0.1) is 0 Å². The van der Waals surface area contributed by atoms with E-state index in [1.807, 2.05) is 0 Å². The average molecular weight is 256 g/mol. The molecule has 1 unspecified atom stereocenters. The third-order valence-electron chi connectivity index (χ3n) is 2.73. The first-order chi connectivity index (χ1) is 8.12. The molecule has 0 spiro atoms. The van der Waals surface area contributed by atoms with Crippen LogP contribution >= 0.6 is 0 Å². The van der Waals surface area contributed by atoms with Gasteiger partial charge in [0.05, 0.1) is 12.0 Å². The second-order valence-corrected chi connectivity index (χ2v) is 5.70. The van der Waals surface area contributed by atoms with Crippen LogP contribution in [-0.2, 0) is 10.0 Å².